The van der Waals surface area contributed by atoms with Crippen LogP contribution in [0.5, 0.6) is 0 Å². The molecular formula is C12H15BrN2. The van der Waals surface area contributed by atoms with Gasteiger partial charge >= 0.3 is 0 Å². The van der Waals surface area contributed by atoms with E-state index in [0.717, 1.165) is 13.1 Å². The first kappa shape index (κ1) is 9.82. The van der Waals surface area contributed by atoms with Gasteiger partial charge in [-0.05, 0) is 29.7 Å². The van der Waals surface area contributed by atoms with E-state index >= 15 is 0 Å². The molecule has 2 nitrogen and oxygen atoms in total. The minimum Gasteiger partial charge on any atom is -0.314 e. The van der Waals surface area contributed by atoms with Crippen LogP contribution in [0.2, 0.25) is 0 Å². The first-order valence-corrected chi connectivity index (χ1v) is 6.37. The number of hydrogen-bond acceptors (Lipinski definition) is 2. The van der Waals surface area contributed by atoms with Gasteiger partial charge in [0.25, 0.3) is 0 Å². The van der Waals surface area contributed by atoms with E-state index in [1.165, 1.54) is 35.1 Å². The van der Waals surface area contributed by atoms with Crippen molar-refractivity contribution in [2.75, 3.05) is 26.2 Å². The highest BCUT2D eigenvalue weighted by Crippen LogP contribution is 2.31. The second-order valence-electron chi connectivity index (χ2n) is 4.35. The number of benzene rings is 1. The molecule has 1 saturated heterocycles. The molecule has 0 spiro atoms. The predicted molar refractivity (Wildman–Crippen MR) is 65.0 cm³/mol. The van der Waals surface area contributed by atoms with E-state index in [0.29, 0.717) is 6.04 Å². The van der Waals surface area contributed by atoms with Gasteiger partial charge in [0.1, 0.15) is 0 Å². The normalized spacial score (nSPS) is 25.8. The molecule has 3 heteroatoms. The van der Waals surface area contributed by atoms with Gasteiger partial charge in [0.2, 0.25) is 0 Å². The minimum absolute atomic E-state index is 0.607. The molecule has 80 valence electrons. The third-order valence-electron chi connectivity index (χ3n) is 3.49. The number of rotatable bonds is 0. The van der Waals surface area contributed by atoms with Crippen molar-refractivity contribution in [3.8, 4) is 0 Å². The van der Waals surface area contributed by atoms with E-state index < -0.39 is 0 Å². The van der Waals surface area contributed by atoms with Crippen LogP contribution in [0.4, 0.5) is 0 Å². The molecule has 2 aliphatic heterocycles. The van der Waals surface area contributed by atoms with Crippen LogP contribution >= 0.6 is 15.9 Å². The molecule has 1 N–H and O–H groups in total. The Morgan fingerprint density at radius 1 is 1.33 bits per heavy atom. The number of nitrogens with zero attached hydrogens (tertiary/aromatic N) is 1. The van der Waals surface area contributed by atoms with Crippen LogP contribution in [-0.4, -0.2) is 31.1 Å². The summed E-state index contributed by atoms with van der Waals surface area (Å²) in [6.45, 7) is 4.66. The lowest BCUT2D eigenvalue weighted by molar-refractivity contribution is 0.152. The van der Waals surface area contributed by atoms with Gasteiger partial charge in [-0.2, -0.15) is 0 Å². The Bertz CT molecular complexity index is 378. The minimum atomic E-state index is 0.607. The van der Waals surface area contributed by atoms with Crippen LogP contribution in [0.25, 0.3) is 0 Å². The quantitative estimate of drug-likeness (QED) is 0.773. The van der Waals surface area contributed by atoms with E-state index in [1.807, 2.05) is 0 Å². The molecule has 1 aromatic carbocycles. The summed E-state index contributed by atoms with van der Waals surface area (Å²) < 4.78 is 1.21. The molecule has 15 heavy (non-hydrogen) atoms. The maximum Gasteiger partial charge on any atom is 0.0476 e. The Labute approximate surface area is 98.8 Å². The molecule has 0 radical (unpaired) electrons. The third kappa shape index (κ3) is 1.73. The molecule has 2 aliphatic rings. The molecule has 0 bridgehead atoms. The third-order valence-corrected chi connectivity index (χ3v) is 3.98. The standard InChI is InChI=1S/C12H15BrN2/c13-10-1-2-11-9(7-10)3-5-15-6-4-14-8-12(11)15/h1-2,7,12,14H,3-6,8H2. The zero-order chi connectivity index (χ0) is 10.3. The first-order chi connectivity index (χ1) is 7.34. The lowest BCUT2D eigenvalue weighted by Gasteiger charge is -2.40. The Balaban J connectivity index is 1.99. The Morgan fingerprint density at radius 3 is 3.20 bits per heavy atom. The Hall–Kier alpha value is -0.380. The van der Waals surface area contributed by atoms with E-state index in [2.05, 4.69) is 44.3 Å². The van der Waals surface area contributed by atoms with E-state index in [4.69, 9.17) is 0 Å². The summed E-state index contributed by atoms with van der Waals surface area (Å²) in [7, 11) is 0. The smallest absolute Gasteiger partial charge is 0.0476 e. The van der Waals surface area contributed by atoms with Crippen molar-refractivity contribution >= 4 is 15.9 Å². The van der Waals surface area contributed by atoms with Crippen molar-refractivity contribution in [2.24, 2.45) is 0 Å². The van der Waals surface area contributed by atoms with Crippen LogP contribution in [0.3, 0.4) is 0 Å². The zero-order valence-corrected chi connectivity index (χ0v) is 10.3. The van der Waals surface area contributed by atoms with Gasteiger partial charge in [-0.3, -0.25) is 4.90 Å². The SMILES string of the molecule is Brc1ccc2c(c1)CCN1CCNCC21. The maximum atomic E-state index is 3.55. The molecule has 0 amide bonds. The van der Waals surface area contributed by atoms with Gasteiger partial charge in [0, 0.05) is 36.7 Å². The molecular weight excluding hydrogens is 252 g/mol. The fraction of sp³-hybridized carbons (Fsp3) is 0.500. The summed E-state index contributed by atoms with van der Waals surface area (Å²) in [6.07, 6.45) is 1.20. The molecule has 0 aliphatic carbocycles. The average molecular weight is 267 g/mol. The fourth-order valence-corrected chi connectivity index (χ4v) is 3.11. The summed E-state index contributed by atoms with van der Waals surface area (Å²) in [5.74, 6) is 0. The summed E-state index contributed by atoms with van der Waals surface area (Å²) in [5.41, 5.74) is 3.05. The molecule has 3 rings (SSSR count). The first-order valence-electron chi connectivity index (χ1n) is 5.58. The van der Waals surface area contributed by atoms with Crippen molar-refractivity contribution in [3.63, 3.8) is 0 Å². The number of halogens is 1. The monoisotopic (exact) mass is 266 g/mol. The van der Waals surface area contributed by atoms with E-state index in [1.54, 1.807) is 0 Å². The van der Waals surface area contributed by atoms with Crippen molar-refractivity contribution < 1.29 is 0 Å². The molecule has 0 saturated carbocycles. The summed E-state index contributed by atoms with van der Waals surface area (Å²) in [5, 5.41) is 3.49. The van der Waals surface area contributed by atoms with Crippen LogP contribution in [0.15, 0.2) is 22.7 Å². The fourth-order valence-electron chi connectivity index (χ4n) is 2.70. The van der Waals surface area contributed by atoms with Crippen molar-refractivity contribution in [2.45, 2.75) is 12.5 Å². The van der Waals surface area contributed by atoms with Crippen LogP contribution in [0.1, 0.15) is 17.2 Å². The largest absolute Gasteiger partial charge is 0.314 e. The van der Waals surface area contributed by atoms with Crippen molar-refractivity contribution in [1.29, 1.82) is 0 Å². The Morgan fingerprint density at radius 2 is 2.27 bits per heavy atom. The molecule has 0 aromatic heterocycles. The van der Waals surface area contributed by atoms with Gasteiger partial charge in [0.05, 0.1) is 0 Å². The number of hydrogen-bond donors (Lipinski definition) is 1. The van der Waals surface area contributed by atoms with Gasteiger partial charge in [0.15, 0.2) is 0 Å². The highest BCUT2D eigenvalue weighted by atomic mass is 79.9. The molecule has 1 unspecified atom stereocenters. The van der Waals surface area contributed by atoms with Crippen LogP contribution in [0, 0.1) is 0 Å². The number of fused-ring (bicyclic) bond motifs is 3. The van der Waals surface area contributed by atoms with Gasteiger partial charge in [-0.15, -0.1) is 0 Å². The maximum absolute atomic E-state index is 3.55. The average Bonchev–Trinajstić information content (AvgIpc) is 2.28. The highest BCUT2D eigenvalue weighted by molar-refractivity contribution is 9.10. The summed E-state index contributed by atoms with van der Waals surface area (Å²) in [4.78, 5) is 2.60. The predicted octanol–water partition coefficient (Wildman–Crippen LogP) is 1.95. The van der Waals surface area contributed by atoms with Gasteiger partial charge in [-0.25, -0.2) is 0 Å². The number of piperazine rings is 1. The molecule has 1 atom stereocenters. The summed E-state index contributed by atoms with van der Waals surface area (Å²) in [6, 6.07) is 7.33. The second-order valence-corrected chi connectivity index (χ2v) is 5.26. The van der Waals surface area contributed by atoms with Crippen molar-refractivity contribution in [3.05, 3.63) is 33.8 Å². The zero-order valence-electron chi connectivity index (χ0n) is 8.67. The molecule has 1 aromatic rings. The van der Waals surface area contributed by atoms with Gasteiger partial charge < -0.3 is 5.32 Å². The second kappa shape index (κ2) is 3.89. The van der Waals surface area contributed by atoms with E-state index in [9.17, 15) is 0 Å². The molecule has 2 heterocycles. The molecule has 1 fully saturated rings. The Kier molecular flexibility index (Phi) is 2.54. The summed E-state index contributed by atoms with van der Waals surface area (Å²) >= 11 is 3.55. The topological polar surface area (TPSA) is 15.3 Å². The number of nitrogens with one attached hydrogen (secondary N) is 1. The lowest BCUT2D eigenvalue weighted by atomic mass is 9.91. The van der Waals surface area contributed by atoms with Crippen LogP contribution in [-0.2, 0) is 6.42 Å². The van der Waals surface area contributed by atoms with Crippen LogP contribution < -0.4 is 5.32 Å². The lowest BCUT2D eigenvalue weighted by Crippen LogP contribution is -2.48. The van der Waals surface area contributed by atoms with Gasteiger partial charge in [-0.1, -0.05) is 22.0 Å². The highest BCUT2D eigenvalue weighted by Gasteiger charge is 2.28. The van der Waals surface area contributed by atoms with E-state index in [-0.39, 0.29) is 0 Å². The van der Waals surface area contributed by atoms with Crippen molar-refractivity contribution in [1.82, 2.24) is 10.2 Å².